The zero-order chi connectivity index (χ0) is 15.2. The summed E-state index contributed by atoms with van der Waals surface area (Å²) in [5, 5.41) is 10.1. The summed E-state index contributed by atoms with van der Waals surface area (Å²) in [5.41, 5.74) is 1.07. The first-order valence-electron chi connectivity index (χ1n) is 6.38. The number of rotatable bonds is 5. The third-order valence-corrected chi connectivity index (χ3v) is 3.01. The van der Waals surface area contributed by atoms with Crippen molar-refractivity contribution in [3.8, 4) is 17.2 Å². The molecule has 2 aromatic rings. The number of allylic oxidation sites excluding steroid dienone is 1. The average Bonchev–Trinajstić information content (AvgIpc) is 2.53. The van der Waals surface area contributed by atoms with Gasteiger partial charge in [0.2, 0.25) is 5.75 Å². The van der Waals surface area contributed by atoms with Gasteiger partial charge in [-0.3, -0.25) is 4.79 Å². The first kappa shape index (κ1) is 14.7. The first-order chi connectivity index (χ1) is 10.2. The highest BCUT2D eigenvalue weighted by molar-refractivity contribution is 6.09. The smallest absolute Gasteiger partial charge is 0.203 e. The molecule has 0 aliphatic carbocycles. The van der Waals surface area contributed by atoms with E-state index in [4.69, 9.17) is 9.47 Å². The molecular weight excluding hydrogens is 268 g/mol. The molecule has 0 bridgehead atoms. The standard InChI is InChI=1S/C17H16O4/c1-20-15-11-9-13(16(19)17(15)21-2)14(18)10-8-12-6-4-3-5-7-12/h3-11,19H,1-2H3. The molecule has 0 atom stereocenters. The van der Waals surface area contributed by atoms with E-state index in [1.807, 2.05) is 30.3 Å². The summed E-state index contributed by atoms with van der Waals surface area (Å²) in [5.74, 6) is -0.00748. The maximum Gasteiger partial charge on any atom is 0.203 e. The largest absolute Gasteiger partial charge is 0.504 e. The summed E-state index contributed by atoms with van der Waals surface area (Å²) >= 11 is 0. The molecule has 0 aromatic heterocycles. The van der Waals surface area contributed by atoms with Crippen LogP contribution >= 0.6 is 0 Å². The minimum Gasteiger partial charge on any atom is -0.504 e. The van der Waals surface area contributed by atoms with E-state index in [9.17, 15) is 9.90 Å². The molecule has 0 unspecified atom stereocenters. The Bertz CT molecular complexity index is 660. The number of ketones is 1. The highest BCUT2D eigenvalue weighted by atomic mass is 16.5. The van der Waals surface area contributed by atoms with Crippen molar-refractivity contribution in [3.63, 3.8) is 0 Å². The van der Waals surface area contributed by atoms with Crippen LogP contribution in [0.5, 0.6) is 17.2 Å². The highest BCUT2D eigenvalue weighted by Crippen LogP contribution is 2.39. The van der Waals surface area contributed by atoms with E-state index in [1.165, 1.54) is 26.4 Å². The molecule has 4 nitrogen and oxygen atoms in total. The number of aromatic hydroxyl groups is 1. The number of ether oxygens (including phenoxy) is 2. The van der Waals surface area contributed by atoms with Gasteiger partial charge in [-0.05, 0) is 23.8 Å². The summed E-state index contributed by atoms with van der Waals surface area (Å²) in [6, 6.07) is 12.5. The third-order valence-electron chi connectivity index (χ3n) is 3.01. The lowest BCUT2D eigenvalue weighted by molar-refractivity contribution is 0.104. The molecule has 0 aliphatic rings. The van der Waals surface area contributed by atoms with Gasteiger partial charge in [-0.2, -0.15) is 0 Å². The van der Waals surface area contributed by atoms with Crippen molar-refractivity contribution in [2.45, 2.75) is 0 Å². The fourth-order valence-corrected chi connectivity index (χ4v) is 1.94. The zero-order valence-corrected chi connectivity index (χ0v) is 11.9. The number of phenolic OH excluding ortho intramolecular Hbond substituents is 1. The zero-order valence-electron chi connectivity index (χ0n) is 11.9. The molecule has 4 heteroatoms. The Morgan fingerprint density at radius 1 is 1.05 bits per heavy atom. The maximum atomic E-state index is 12.2. The maximum absolute atomic E-state index is 12.2. The number of methoxy groups -OCH3 is 2. The van der Waals surface area contributed by atoms with Crippen molar-refractivity contribution in [2.24, 2.45) is 0 Å². The van der Waals surface area contributed by atoms with E-state index in [0.29, 0.717) is 5.75 Å². The van der Waals surface area contributed by atoms with Crippen LogP contribution in [0.1, 0.15) is 15.9 Å². The Morgan fingerprint density at radius 3 is 2.38 bits per heavy atom. The van der Waals surface area contributed by atoms with Crippen molar-refractivity contribution >= 4 is 11.9 Å². The van der Waals surface area contributed by atoms with Gasteiger partial charge in [-0.15, -0.1) is 0 Å². The van der Waals surface area contributed by atoms with Crippen LogP contribution in [-0.4, -0.2) is 25.1 Å². The second-order valence-electron chi connectivity index (χ2n) is 4.31. The van der Waals surface area contributed by atoms with Crippen LogP contribution in [0, 0.1) is 0 Å². The van der Waals surface area contributed by atoms with Gasteiger partial charge in [-0.1, -0.05) is 36.4 Å². The second kappa shape index (κ2) is 6.61. The molecule has 21 heavy (non-hydrogen) atoms. The molecule has 0 saturated carbocycles. The Balaban J connectivity index is 2.30. The summed E-state index contributed by atoms with van der Waals surface area (Å²) < 4.78 is 10.1. The lowest BCUT2D eigenvalue weighted by Gasteiger charge is -2.11. The molecule has 0 aliphatic heterocycles. The third kappa shape index (κ3) is 3.23. The van der Waals surface area contributed by atoms with Crippen molar-refractivity contribution in [3.05, 3.63) is 59.7 Å². The fourth-order valence-electron chi connectivity index (χ4n) is 1.94. The van der Waals surface area contributed by atoms with Gasteiger partial charge in [0.25, 0.3) is 0 Å². The van der Waals surface area contributed by atoms with Crippen LogP contribution in [-0.2, 0) is 0 Å². The molecule has 0 saturated heterocycles. The summed E-state index contributed by atoms with van der Waals surface area (Å²) in [7, 11) is 2.87. The lowest BCUT2D eigenvalue weighted by Crippen LogP contribution is -1.99. The molecule has 1 N–H and O–H groups in total. The average molecular weight is 284 g/mol. The highest BCUT2D eigenvalue weighted by Gasteiger charge is 2.17. The van der Waals surface area contributed by atoms with Crippen molar-refractivity contribution in [1.29, 1.82) is 0 Å². The van der Waals surface area contributed by atoms with Crippen LogP contribution < -0.4 is 9.47 Å². The lowest BCUT2D eigenvalue weighted by atomic mass is 10.1. The predicted molar refractivity (Wildman–Crippen MR) is 81.0 cm³/mol. The van der Waals surface area contributed by atoms with E-state index in [0.717, 1.165) is 5.56 Å². The Hall–Kier alpha value is -2.75. The number of hydrogen-bond donors (Lipinski definition) is 1. The van der Waals surface area contributed by atoms with E-state index in [1.54, 1.807) is 12.1 Å². The van der Waals surface area contributed by atoms with Gasteiger partial charge in [-0.25, -0.2) is 0 Å². The van der Waals surface area contributed by atoms with Gasteiger partial charge in [0.05, 0.1) is 19.8 Å². The molecular formula is C17H16O4. The molecule has 108 valence electrons. The molecule has 0 heterocycles. The van der Waals surface area contributed by atoms with Gasteiger partial charge in [0.1, 0.15) is 0 Å². The van der Waals surface area contributed by atoms with Crippen molar-refractivity contribution < 1.29 is 19.4 Å². The predicted octanol–water partition coefficient (Wildman–Crippen LogP) is 3.31. The molecule has 0 radical (unpaired) electrons. The second-order valence-corrected chi connectivity index (χ2v) is 4.31. The van der Waals surface area contributed by atoms with Crippen LogP contribution in [0.3, 0.4) is 0 Å². The van der Waals surface area contributed by atoms with Crippen molar-refractivity contribution in [1.82, 2.24) is 0 Å². The Labute approximate surface area is 123 Å². The summed E-state index contributed by atoms with van der Waals surface area (Å²) in [4.78, 5) is 12.2. The minimum absolute atomic E-state index is 0.150. The monoisotopic (exact) mass is 284 g/mol. The number of hydrogen-bond acceptors (Lipinski definition) is 4. The Morgan fingerprint density at radius 2 is 1.76 bits per heavy atom. The SMILES string of the molecule is COc1ccc(C(=O)C=Cc2ccccc2)c(O)c1OC. The summed E-state index contributed by atoms with van der Waals surface area (Å²) in [6.07, 6.45) is 3.11. The van der Waals surface area contributed by atoms with Crippen LogP contribution in [0.4, 0.5) is 0 Å². The van der Waals surface area contributed by atoms with Gasteiger partial charge in [0.15, 0.2) is 17.3 Å². The fraction of sp³-hybridized carbons (Fsp3) is 0.118. The molecule has 0 amide bonds. The van der Waals surface area contributed by atoms with E-state index >= 15 is 0 Å². The number of benzene rings is 2. The number of phenols is 1. The topological polar surface area (TPSA) is 55.8 Å². The number of carbonyl (C=O) groups excluding carboxylic acids is 1. The van der Waals surface area contributed by atoms with Gasteiger partial charge < -0.3 is 14.6 Å². The van der Waals surface area contributed by atoms with Crippen LogP contribution in [0.15, 0.2) is 48.5 Å². The number of carbonyl (C=O) groups is 1. The van der Waals surface area contributed by atoms with Crippen LogP contribution in [0.2, 0.25) is 0 Å². The van der Waals surface area contributed by atoms with Crippen molar-refractivity contribution in [2.75, 3.05) is 14.2 Å². The van der Waals surface area contributed by atoms with E-state index < -0.39 is 0 Å². The summed E-state index contributed by atoms with van der Waals surface area (Å²) in [6.45, 7) is 0. The van der Waals surface area contributed by atoms with Gasteiger partial charge >= 0.3 is 0 Å². The molecule has 0 fully saturated rings. The molecule has 2 rings (SSSR count). The van der Waals surface area contributed by atoms with E-state index in [-0.39, 0.29) is 22.8 Å². The normalized spacial score (nSPS) is 10.6. The van der Waals surface area contributed by atoms with Crippen LogP contribution in [0.25, 0.3) is 6.08 Å². The first-order valence-corrected chi connectivity index (χ1v) is 6.38. The minimum atomic E-state index is -0.308. The molecule has 0 spiro atoms. The van der Waals surface area contributed by atoms with Gasteiger partial charge in [0, 0.05) is 0 Å². The van der Waals surface area contributed by atoms with E-state index in [2.05, 4.69) is 0 Å². The Kier molecular flexibility index (Phi) is 4.61. The molecule has 2 aromatic carbocycles. The quantitative estimate of drug-likeness (QED) is 0.676.